The lowest BCUT2D eigenvalue weighted by atomic mass is 9.93. The molecule has 2 heterocycles. The van der Waals surface area contributed by atoms with Crippen LogP contribution in [0.15, 0.2) is 95.9 Å². The van der Waals surface area contributed by atoms with Gasteiger partial charge >= 0.3 is 0 Å². The highest BCUT2D eigenvalue weighted by atomic mass is 32.2. The highest BCUT2D eigenvalue weighted by molar-refractivity contribution is 7.98. The second kappa shape index (κ2) is 10.8. The van der Waals surface area contributed by atoms with Crippen LogP contribution in [0.2, 0.25) is 0 Å². The molecule has 0 radical (unpaired) electrons. The molecule has 0 bridgehead atoms. The lowest BCUT2D eigenvalue weighted by molar-refractivity contribution is 0.0950. The molecule has 0 saturated heterocycles. The minimum atomic E-state index is -0.110. The predicted octanol–water partition coefficient (Wildman–Crippen LogP) is 6.78. The fraction of sp³-hybridized carbons (Fsp3) is 0.219. The summed E-state index contributed by atoms with van der Waals surface area (Å²) in [6.07, 6.45) is 2.94. The largest absolute Gasteiger partial charge is 0.492 e. The fourth-order valence-electron chi connectivity index (χ4n) is 5.15. The van der Waals surface area contributed by atoms with Crippen LogP contribution in [0.1, 0.15) is 39.4 Å². The van der Waals surface area contributed by atoms with Crippen LogP contribution < -0.4 is 19.7 Å². The first-order chi connectivity index (χ1) is 18.7. The second-order valence-corrected chi connectivity index (χ2v) is 10.4. The third kappa shape index (κ3) is 4.96. The average molecular weight is 523 g/mol. The Kier molecular flexibility index (Phi) is 6.97. The molecule has 2 aliphatic rings. The van der Waals surface area contributed by atoms with Crippen molar-refractivity contribution in [3.05, 3.63) is 113 Å². The molecule has 1 unspecified atom stereocenters. The molecular weight excluding hydrogens is 492 g/mol. The first kappa shape index (κ1) is 24.4. The summed E-state index contributed by atoms with van der Waals surface area (Å²) in [7, 11) is 0. The van der Waals surface area contributed by atoms with Gasteiger partial charge in [0.1, 0.15) is 11.5 Å². The predicted molar refractivity (Wildman–Crippen MR) is 153 cm³/mol. The van der Waals surface area contributed by atoms with Gasteiger partial charge in [-0.05, 0) is 72.3 Å². The maximum atomic E-state index is 13.0. The van der Waals surface area contributed by atoms with Gasteiger partial charge in [-0.25, -0.2) is 0 Å². The van der Waals surface area contributed by atoms with E-state index in [0.717, 1.165) is 41.4 Å². The topological polar surface area (TPSA) is 50.8 Å². The monoisotopic (exact) mass is 522 g/mol. The number of nitrogens with zero attached hydrogens (tertiary/aromatic N) is 1. The summed E-state index contributed by atoms with van der Waals surface area (Å²) in [5.74, 6) is 1.79. The number of rotatable bonds is 6. The zero-order valence-electron chi connectivity index (χ0n) is 21.4. The van der Waals surface area contributed by atoms with E-state index in [2.05, 4.69) is 71.1 Å². The number of hydrogen-bond donors (Lipinski definition) is 1. The number of amides is 1. The summed E-state index contributed by atoms with van der Waals surface area (Å²) in [5, 5.41) is 3.04. The van der Waals surface area contributed by atoms with E-state index in [1.165, 1.54) is 16.0 Å². The Hall–Kier alpha value is -3.90. The number of benzene rings is 4. The molecule has 0 aliphatic carbocycles. The Morgan fingerprint density at radius 1 is 0.947 bits per heavy atom. The average Bonchev–Trinajstić information content (AvgIpc) is 3.28. The van der Waals surface area contributed by atoms with Gasteiger partial charge in [0.2, 0.25) is 0 Å². The van der Waals surface area contributed by atoms with Gasteiger partial charge in [0, 0.05) is 40.7 Å². The number of ether oxygens (including phenoxy) is 2. The molecule has 6 heteroatoms. The molecule has 1 N–H and O–H groups in total. The van der Waals surface area contributed by atoms with Crippen LogP contribution in [0.25, 0.3) is 0 Å². The number of carbonyl (C=O) groups is 1. The van der Waals surface area contributed by atoms with E-state index in [0.29, 0.717) is 25.3 Å². The summed E-state index contributed by atoms with van der Waals surface area (Å²) in [4.78, 5) is 16.5. The van der Waals surface area contributed by atoms with E-state index in [1.807, 2.05) is 36.4 Å². The Labute approximate surface area is 227 Å². The van der Waals surface area contributed by atoms with E-state index >= 15 is 0 Å². The number of carbonyl (C=O) groups excluding carboxylic acids is 1. The van der Waals surface area contributed by atoms with Crippen molar-refractivity contribution in [2.45, 2.75) is 23.8 Å². The van der Waals surface area contributed by atoms with Gasteiger partial charge in [-0.15, -0.1) is 11.8 Å². The van der Waals surface area contributed by atoms with Crippen molar-refractivity contribution in [3.63, 3.8) is 0 Å². The first-order valence-corrected chi connectivity index (χ1v) is 14.2. The van der Waals surface area contributed by atoms with Crippen molar-refractivity contribution in [2.75, 3.05) is 30.9 Å². The molecule has 0 aromatic heterocycles. The van der Waals surface area contributed by atoms with Gasteiger partial charge in [0.15, 0.2) is 0 Å². The Balaban J connectivity index is 1.23. The zero-order chi connectivity index (χ0) is 25.9. The van der Waals surface area contributed by atoms with Crippen LogP contribution in [-0.4, -0.2) is 31.9 Å². The highest BCUT2D eigenvalue weighted by Crippen LogP contribution is 2.43. The van der Waals surface area contributed by atoms with Crippen molar-refractivity contribution < 1.29 is 14.3 Å². The standard InChI is InChI=1S/C32H30N2O3S/c1-38-26-12-8-22(9-13-26)20-33-32(35)24-10-14-29-31(18-24)36-17-5-16-34(29)25-11-15-30-27(19-25)28(21-37-30)23-6-3-2-4-7-23/h2-4,6-15,18-19,28H,5,16-17,20-21H2,1H3,(H,33,35). The van der Waals surface area contributed by atoms with Crippen LogP contribution in [0, 0.1) is 0 Å². The zero-order valence-corrected chi connectivity index (χ0v) is 22.2. The molecule has 192 valence electrons. The maximum absolute atomic E-state index is 13.0. The van der Waals surface area contributed by atoms with Crippen LogP contribution in [-0.2, 0) is 6.54 Å². The van der Waals surface area contributed by atoms with Gasteiger partial charge in [-0.2, -0.15) is 0 Å². The molecule has 1 atom stereocenters. The maximum Gasteiger partial charge on any atom is 0.251 e. The van der Waals surface area contributed by atoms with Crippen molar-refractivity contribution in [3.8, 4) is 11.5 Å². The molecule has 4 aromatic rings. The van der Waals surface area contributed by atoms with Crippen molar-refractivity contribution >= 4 is 29.0 Å². The molecule has 4 aromatic carbocycles. The SMILES string of the molecule is CSc1ccc(CNC(=O)c2ccc3c(c2)OCCCN3c2ccc3c(c2)C(c2ccccc2)CO3)cc1. The van der Waals surface area contributed by atoms with E-state index in [4.69, 9.17) is 9.47 Å². The summed E-state index contributed by atoms with van der Waals surface area (Å²) >= 11 is 1.71. The van der Waals surface area contributed by atoms with Gasteiger partial charge in [-0.3, -0.25) is 4.79 Å². The van der Waals surface area contributed by atoms with E-state index in [1.54, 1.807) is 11.8 Å². The summed E-state index contributed by atoms with van der Waals surface area (Å²) < 4.78 is 12.1. The van der Waals surface area contributed by atoms with Crippen molar-refractivity contribution in [1.82, 2.24) is 5.32 Å². The van der Waals surface area contributed by atoms with Gasteiger partial charge in [0.25, 0.3) is 5.91 Å². The summed E-state index contributed by atoms with van der Waals surface area (Å²) in [6, 6.07) is 31.0. The van der Waals surface area contributed by atoms with Crippen molar-refractivity contribution in [1.29, 1.82) is 0 Å². The van der Waals surface area contributed by atoms with E-state index < -0.39 is 0 Å². The minimum absolute atomic E-state index is 0.110. The first-order valence-electron chi connectivity index (χ1n) is 13.0. The van der Waals surface area contributed by atoms with Gasteiger partial charge < -0.3 is 19.7 Å². The number of thioether (sulfide) groups is 1. The molecule has 0 saturated carbocycles. The van der Waals surface area contributed by atoms with Crippen LogP contribution in [0.5, 0.6) is 11.5 Å². The normalized spacial score (nSPS) is 16.0. The third-order valence-electron chi connectivity index (χ3n) is 7.20. The lowest BCUT2D eigenvalue weighted by Gasteiger charge is -2.25. The Morgan fingerprint density at radius 3 is 2.61 bits per heavy atom. The third-order valence-corrected chi connectivity index (χ3v) is 7.94. The van der Waals surface area contributed by atoms with Crippen molar-refractivity contribution in [2.24, 2.45) is 0 Å². The fourth-order valence-corrected chi connectivity index (χ4v) is 5.55. The summed E-state index contributed by atoms with van der Waals surface area (Å²) in [5.41, 5.74) is 6.22. The van der Waals surface area contributed by atoms with Crippen LogP contribution >= 0.6 is 11.8 Å². The highest BCUT2D eigenvalue weighted by Gasteiger charge is 2.28. The van der Waals surface area contributed by atoms with Gasteiger partial charge in [0.05, 0.1) is 18.9 Å². The molecule has 0 spiro atoms. The lowest BCUT2D eigenvalue weighted by Crippen LogP contribution is -2.23. The second-order valence-electron chi connectivity index (χ2n) is 9.56. The summed E-state index contributed by atoms with van der Waals surface area (Å²) in [6.45, 7) is 2.58. The van der Waals surface area contributed by atoms with E-state index in [-0.39, 0.29) is 11.8 Å². The molecule has 0 fully saturated rings. The Morgan fingerprint density at radius 2 is 1.79 bits per heavy atom. The number of fused-ring (bicyclic) bond motifs is 2. The Bertz CT molecular complexity index is 1440. The molecule has 1 amide bonds. The van der Waals surface area contributed by atoms with Gasteiger partial charge in [-0.1, -0.05) is 42.5 Å². The van der Waals surface area contributed by atoms with Crippen LogP contribution in [0.3, 0.4) is 0 Å². The molecular formula is C32H30N2O3S. The molecule has 2 aliphatic heterocycles. The smallest absolute Gasteiger partial charge is 0.251 e. The molecule has 38 heavy (non-hydrogen) atoms. The number of hydrogen-bond acceptors (Lipinski definition) is 5. The number of anilines is 2. The number of nitrogens with one attached hydrogen (secondary N) is 1. The van der Waals surface area contributed by atoms with Crippen LogP contribution in [0.4, 0.5) is 11.4 Å². The quantitative estimate of drug-likeness (QED) is 0.283. The minimum Gasteiger partial charge on any atom is -0.492 e. The molecule has 6 rings (SSSR count). The van der Waals surface area contributed by atoms with E-state index in [9.17, 15) is 4.79 Å². The molecule has 5 nitrogen and oxygen atoms in total.